The molecule has 0 aliphatic carbocycles. The van der Waals surface area contributed by atoms with E-state index >= 15 is 0 Å². The Labute approximate surface area is 162 Å². The van der Waals surface area contributed by atoms with Crippen LogP contribution in [-0.4, -0.2) is 59.2 Å². The lowest BCUT2D eigenvalue weighted by atomic mass is 9.94. The molecule has 2 atom stereocenters. The van der Waals surface area contributed by atoms with Crippen LogP contribution >= 0.6 is 0 Å². The standard InChI is InChI=1S/C22H30N4O/c1-27-10-9-22-23-11-20(12-24-22)14-25-13-19-7-8-21(17-25)26(16-19)15-18-5-3-2-4-6-18/h2-6,11-12,19,21H,7-10,13-17H2,1H3/t19-,21+/m0/s1. The van der Waals surface area contributed by atoms with Gasteiger partial charge in [0.1, 0.15) is 5.82 Å². The summed E-state index contributed by atoms with van der Waals surface area (Å²) in [5, 5.41) is 0. The molecule has 4 heterocycles. The molecule has 3 aliphatic heterocycles. The smallest absolute Gasteiger partial charge is 0.130 e. The van der Waals surface area contributed by atoms with Crippen LogP contribution < -0.4 is 0 Å². The number of rotatable bonds is 7. The Balaban J connectivity index is 1.37. The fourth-order valence-electron chi connectivity index (χ4n) is 4.46. The number of nitrogens with zero attached hydrogens (tertiary/aromatic N) is 4. The van der Waals surface area contributed by atoms with Crippen LogP contribution in [0.1, 0.15) is 29.8 Å². The Kier molecular flexibility index (Phi) is 6.12. The number of benzene rings is 1. The fraction of sp³-hybridized carbons (Fsp3) is 0.545. The first-order valence-electron chi connectivity index (χ1n) is 10.1. The second-order valence-electron chi connectivity index (χ2n) is 7.96. The minimum absolute atomic E-state index is 0.658. The summed E-state index contributed by atoms with van der Waals surface area (Å²) < 4.78 is 5.10. The van der Waals surface area contributed by atoms with Crippen molar-refractivity contribution in [3.63, 3.8) is 0 Å². The van der Waals surface area contributed by atoms with Crippen molar-refractivity contribution in [2.24, 2.45) is 5.92 Å². The Morgan fingerprint density at radius 2 is 1.78 bits per heavy atom. The van der Waals surface area contributed by atoms with E-state index in [0.717, 1.165) is 37.8 Å². The molecular weight excluding hydrogens is 336 g/mol. The van der Waals surface area contributed by atoms with Crippen molar-refractivity contribution in [2.45, 2.75) is 38.4 Å². The second-order valence-corrected chi connectivity index (χ2v) is 7.96. The lowest BCUT2D eigenvalue weighted by Gasteiger charge is -2.36. The SMILES string of the molecule is COCCc1ncc(CN2C[C@@H]3CC[C@H](C2)N(Cc2ccccc2)C3)cn1. The molecule has 1 aromatic carbocycles. The van der Waals surface area contributed by atoms with Gasteiger partial charge < -0.3 is 4.74 Å². The summed E-state index contributed by atoms with van der Waals surface area (Å²) in [6.45, 7) is 6.26. The monoisotopic (exact) mass is 366 g/mol. The molecular formula is C22H30N4O. The predicted molar refractivity (Wildman–Crippen MR) is 106 cm³/mol. The largest absolute Gasteiger partial charge is 0.384 e. The van der Waals surface area contributed by atoms with Crippen LogP contribution in [0, 0.1) is 5.92 Å². The molecule has 0 amide bonds. The van der Waals surface area contributed by atoms with Crippen molar-refractivity contribution in [2.75, 3.05) is 33.4 Å². The van der Waals surface area contributed by atoms with Gasteiger partial charge in [-0.25, -0.2) is 9.97 Å². The van der Waals surface area contributed by atoms with Crippen molar-refractivity contribution in [1.29, 1.82) is 0 Å². The molecule has 3 aliphatic rings. The molecule has 0 N–H and O–H groups in total. The Hall–Kier alpha value is -1.82. The third-order valence-corrected chi connectivity index (χ3v) is 5.83. The van der Waals surface area contributed by atoms with Crippen LogP contribution in [0.3, 0.4) is 0 Å². The summed E-state index contributed by atoms with van der Waals surface area (Å²) in [6, 6.07) is 11.5. The maximum absolute atomic E-state index is 5.10. The zero-order valence-corrected chi connectivity index (χ0v) is 16.3. The maximum atomic E-state index is 5.10. The molecule has 3 saturated heterocycles. The van der Waals surface area contributed by atoms with Crippen molar-refractivity contribution in [3.05, 3.63) is 59.7 Å². The Bertz CT molecular complexity index is 706. The number of methoxy groups -OCH3 is 1. The van der Waals surface area contributed by atoms with E-state index < -0.39 is 0 Å². The molecule has 0 saturated carbocycles. The molecule has 0 radical (unpaired) electrons. The van der Waals surface area contributed by atoms with Gasteiger partial charge in [-0.15, -0.1) is 0 Å². The molecule has 3 fully saturated rings. The van der Waals surface area contributed by atoms with Crippen molar-refractivity contribution < 1.29 is 4.74 Å². The van der Waals surface area contributed by atoms with E-state index in [1.807, 2.05) is 12.4 Å². The van der Waals surface area contributed by atoms with Gasteiger partial charge in [0.2, 0.25) is 0 Å². The molecule has 1 aromatic heterocycles. The Morgan fingerprint density at radius 3 is 2.56 bits per heavy atom. The van der Waals surface area contributed by atoms with Gasteiger partial charge >= 0.3 is 0 Å². The summed E-state index contributed by atoms with van der Waals surface area (Å²) >= 11 is 0. The average Bonchev–Trinajstić information content (AvgIpc) is 2.99. The molecule has 5 nitrogen and oxygen atoms in total. The number of fused-ring (bicyclic) bond motifs is 4. The van der Waals surface area contributed by atoms with Crippen LogP contribution in [0.15, 0.2) is 42.7 Å². The van der Waals surface area contributed by atoms with Crippen molar-refractivity contribution >= 4 is 0 Å². The summed E-state index contributed by atoms with van der Waals surface area (Å²) in [4.78, 5) is 14.3. The van der Waals surface area contributed by atoms with Gasteiger partial charge in [0.05, 0.1) is 6.61 Å². The summed E-state index contributed by atoms with van der Waals surface area (Å²) in [7, 11) is 1.71. The van der Waals surface area contributed by atoms with E-state index in [-0.39, 0.29) is 0 Å². The van der Waals surface area contributed by atoms with Crippen molar-refractivity contribution in [1.82, 2.24) is 19.8 Å². The van der Waals surface area contributed by atoms with Gasteiger partial charge in [0.15, 0.2) is 0 Å². The normalized spacial score (nSPS) is 23.4. The third kappa shape index (κ3) is 4.92. The molecule has 5 heteroatoms. The van der Waals surface area contributed by atoms with Gasteiger partial charge in [-0.3, -0.25) is 9.80 Å². The minimum Gasteiger partial charge on any atom is -0.384 e. The fourth-order valence-corrected chi connectivity index (χ4v) is 4.46. The van der Waals surface area contributed by atoms with Gasteiger partial charge in [0, 0.05) is 70.3 Å². The van der Waals surface area contributed by atoms with E-state index in [0.29, 0.717) is 12.6 Å². The first-order chi connectivity index (χ1) is 13.3. The molecule has 5 rings (SSSR count). The summed E-state index contributed by atoms with van der Waals surface area (Å²) in [5.41, 5.74) is 2.64. The minimum atomic E-state index is 0.658. The number of hydrogen-bond acceptors (Lipinski definition) is 5. The van der Waals surface area contributed by atoms with Gasteiger partial charge in [0.25, 0.3) is 0 Å². The van der Waals surface area contributed by atoms with Crippen LogP contribution in [0.4, 0.5) is 0 Å². The van der Waals surface area contributed by atoms with E-state index in [4.69, 9.17) is 4.74 Å². The first-order valence-corrected chi connectivity index (χ1v) is 10.1. The van der Waals surface area contributed by atoms with E-state index in [9.17, 15) is 0 Å². The number of aromatic nitrogens is 2. The first kappa shape index (κ1) is 18.5. The molecule has 0 spiro atoms. The number of piperidine rings is 1. The Morgan fingerprint density at radius 1 is 0.963 bits per heavy atom. The van der Waals surface area contributed by atoms with Gasteiger partial charge in [-0.2, -0.15) is 0 Å². The predicted octanol–water partition coefficient (Wildman–Crippen LogP) is 2.76. The summed E-state index contributed by atoms with van der Waals surface area (Å²) in [5.74, 6) is 1.64. The average molecular weight is 367 g/mol. The highest BCUT2D eigenvalue weighted by Gasteiger charge is 2.34. The van der Waals surface area contributed by atoms with E-state index in [2.05, 4.69) is 50.1 Å². The highest BCUT2D eigenvalue weighted by molar-refractivity contribution is 5.15. The van der Waals surface area contributed by atoms with E-state index in [1.165, 1.54) is 37.1 Å². The lowest BCUT2D eigenvalue weighted by Crippen LogP contribution is -2.43. The molecule has 144 valence electrons. The van der Waals surface area contributed by atoms with Crippen LogP contribution in [-0.2, 0) is 24.2 Å². The molecule has 0 unspecified atom stereocenters. The molecule has 27 heavy (non-hydrogen) atoms. The maximum Gasteiger partial charge on any atom is 0.130 e. The van der Waals surface area contributed by atoms with Gasteiger partial charge in [-0.05, 0) is 24.3 Å². The van der Waals surface area contributed by atoms with E-state index in [1.54, 1.807) is 7.11 Å². The number of ether oxygens (including phenoxy) is 1. The molecule has 2 bridgehead atoms. The number of hydrogen-bond donors (Lipinski definition) is 0. The zero-order valence-electron chi connectivity index (χ0n) is 16.3. The highest BCUT2D eigenvalue weighted by Crippen LogP contribution is 2.29. The topological polar surface area (TPSA) is 41.5 Å². The van der Waals surface area contributed by atoms with Crippen LogP contribution in [0.2, 0.25) is 0 Å². The lowest BCUT2D eigenvalue weighted by molar-refractivity contribution is 0.123. The highest BCUT2D eigenvalue weighted by atomic mass is 16.5. The van der Waals surface area contributed by atoms with Crippen LogP contribution in [0.25, 0.3) is 0 Å². The second kappa shape index (κ2) is 8.91. The quantitative estimate of drug-likeness (QED) is 0.754. The van der Waals surface area contributed by atoms with Gasteiger partial charge in [-0.1, -0.05) is 30.3 Å². The molecule has 2 aromatic rings. The zero-order chi connectivity index (χ0) is 18.5. The van der Waals surface area contributed by atoms with Crippen LogP contribution in [0.5, 0.6) is 0 Å². The third-order valence-electron chi connectivity index (χ3n) is 5.83. The summed E-state index contributed by atoms with van der Waals surface area (Å²) in [6.07, 6.45) is 7.44. The van der Waals surface area contributed by atoms with Crippen molar-refractivity contribution in [3.8, 4) is 0 Å².